The molecule has 100 valence electrons. The Bertz CT molecular complexity index is 500. The van der Waals surface area contributed by atoms with Gasteiger partial charge in [0.1, 0.15) is 5.75 Å². The van der Waals surface area contributed by atoms with E-state index in [1.54, 1.807) is 6.20 Å². The Balaban J connectivity index is 2.37. The first-order valence-electron chi connectivity index (χ1n) is 6.57. The number of aromatic nitrogens is 1. The lowest BCUT2D eigenvalue weighted by molar-refractivity contribution is 0.444. The number of benzene rings is 1. The molecule has 19 heavy (non-hydrogen) atoms. The summed E-state index contributed by atoms with van der Waals surface area (Å²) in [6.07, 6.45) is 1.72. The first-order chi connectivity index (χ1) is 9.09. The van der Waals surface area contributed by atoms with Gasteiger partial charge < -0.3 is 10.5 Å². The van der Waals surface area contributed by atoms with Gasteiger partial charge in [-0.15, -0.1) is 0 Å². The van der Waals surface area contributed by atoms with E-state index in [0.29, 0.717) is 11.8 Å². The van der Waals surface area contributed by atoms with Crippen molar-refractivity contribution in [3.8, 4) is 11.6 Å². The molecule has 0 radical (unpaired) electrons. The van der Waals surface area contributed by atoms with Crippen LogP contribution in [0.15, 0.2) is 42.6 Å². The Kier molecular flexibility index (Phi) is 4.17. The molecule has 0 saturated carbocycles. The Morgan fingerprint density at radius 2 is 1.68 bits per heavy atom. The second kappa shape index (κ2) is 5.85. The molecule has 0 fully saturated rings. The Hall–Kier alpha value is -1.87. The average Bonchev–Trinajstić information content (AvgIpc) is 2.39. The van der Waals surface area contributed by atoms with Crippen molar-refractivity contribution in [3.05, 3.63) is 53.7 Å². The highest BCUT2D eigenvalue weighted by Gasteiger charge is 2.13. The van der Waals surface area contributed by atoms with Gasteiger partial charge in [0.25, 0.3) is 0 Å². The largest absolute Gasteiger partial charge is 0.438 e. The summed E-state index contributed by atoms with van der Waals surface area (Å²) in [5, 5.41) is 0. The predicted octanol–water partition coefficient (Wildman–Crippen LogP) is 4.02. The smallest absolute Gasteiger partial charge is 0.223 e. The SMILES string of the molecule is CC(C)c1ccccc1Oc1ncccc1C(C)N. The molecule has 0 amide bonds. The molecule has 0 aliphatic carbocycles. The maximum Gasteiger partial charge on any atom is 0.223 e. The second-order valence-electron chi connectivity index (χ2n) is 4.98. The van der Waals surface area contributed by atoms with Crippen molar-refractivity contribution < 1.29 is 4.74 Å². The molecule has 0 saturated heterocycles. The fourth-order valence-corrected chi connectivity index (χ4v) is 1.99. The van der Waals surface area contributed by atoms with Crippen LogP contribution in [0.25, 0.3) is 0 Å². The summed E-state index contributed by atoms with van der Waals surface area (Å²) < 4.78 is 5.97. The van der Waals surface area contributed by atoms with Crippen LogP contribution in [0.1, 0.15) is 43.9 Å². The van der Waals surface area contributed by atoms with E-state index in [4.69, 9.17) is 10.5 Å². The number of para-hydroxylation sites is 1. The van der Waals surface area contributed by atoms with Gasteiger partial charge in [-0.2, -0.15) is 0 Å². The Labute approximate surface area is 114 Å². The van der Waals surface area contributed by atoms with Crippen LogP contribution in [0.2, 0.25) is 0 Å². The van der Waals surface area contributed by atoms with Crippen LogP contribution in [0.4, 0.5) is 0 Å². The van der Waals surface area contributed by atoms with Gasteiger partial charge in [0.05, 0.1) is 0 Å². The van der Waals surface area contributed by atoms with E-state index < -0.39 is 0 Å². The molecule has 3 nitrogen and oxygen atoms in total. The topological polar surface area (TPSA) is 48.1 Å². The van der Waals surface area contributed by atoms with Gasteiger partial charge >= 0.3 is 0 Å². The van der Waals surface area contributed by atoms with Gasteiger partial charge in [-0.3, -0.25) is 0 Å². The molecule has 1 heterocycles. The summed E-state index contributed by atoms with van der Waals surface area (Å²) in [5.41, 5.74) is 8.03. The van der Waals surface area contributed by atoms with E-state index in [9.17, 15) is 0 Å². The van der Waals surface area contributed by atoms with Crippen LogP contribution in [0.5, 0.6) is 11.6 Å². The van der Waals surface area contributed by atoms with Crippen molar-refractivity contribution in [2.45, 2.75) is 32.7 Å². The van der Waals surface area contributed by atoms with Crippen molar-refractivity contribution in [3.63, 3.8) is 0 Å². The van der Waals surface area contributed by atoms with E-state index in [1.807, 2.05) is 37.3 Å². The number of hydrogen-bond acceptors (Lipinski definition) is 3. The number of ether oxygens (including phenoxy) is 1. The lowest BCUT2D eigenvalue weighted by Crippen LogP contribution is -2.08. The fourth-order valence-electron chi connectivity index (χ4n) is 1.99. The lowest BCUT2D eigenvalue weighted by Gasteiger charge is -2.16. The third-order valence-corrected chi connectivity index (χ3v) is 3.04. The molecule has 2 rings (SSSR count). The summed E-state index contributed by atoms with van der Waals surface area (Å²) in [6, 6.07) is 11.8. The van der Waals surface area contributed by atoms with Crippen LogP contribution < -0.4 is 10.5 Å². The molecule has 0 aliphatic rings. The first kappa shape index (κ1) is 13.6. The van der Waals surface area contributed by atoms with E-state index >= 15 is 0 Å². The lowest BCUT2D eigenvalue weighted by atomic mass is 10.0. The third kappa shape index (κ3) is 3.12. The van der Waals surface area contributed by atoms with E-state index in [2.05, 4.69) is 24.9 Å². The number of rotatable bonds is 4. The molecule has 1 unspecified atom stereocenters. The van der Waals surface area contributed by atoms with Crippen molar-refractivity contribution in [1.29, 1.82) is 0 Å². The quantitative estimate of drug-likeness (QED) is 0.898. The van der Waals surface area contributed by atoms with E-state index in [-0.39, 0.29) is 6.04 Å². The highest BCUT2D eigenvalue weighted by atomic mass is 16.5. The van der Waals surface area contributed by atoms with Gasteiger partial charge in [-0.05, 0) is 30.5 Å². The Morgan fingerprint density at radius 1 is 1.00 bits per heavy atom. The number of nitrogens with two attached hydrogens (primary N) is 1. The molecule has 0 spiro atoms. The minimum Gasteiger partial charge on any atom is -0.438 e. The van der Waals surface area contributed by atoms with E-state index in [0.717, 1.165) is 11.3 Å². The molecule has 1 aromatic heterocycles. The molecular formula is C16H20N2O. The molecule has 2 N–H and O–H groups in total. The van der Waals surface area contributed by atoms with Crippen molar-refractivity contribution >= 4 is 0 Å². The first-order valence-corrected chi connectivity index (χ1v) is 6.57. The Morgan fingerprint density at radius 3 is 2.37 bits per heavy atom. The third-order valence-electron chi connectivity index (χ3n) is 3.04. The molecule has 0 bridgehead atoms. The van der Waals surface area contributed by atoms with Gasteiger partial charge in [0.15, 0.2) is 0 Å². The van der Waals surface area contributed by atoms with Gasteiger partial charge in [-0.25, -0.2) is 4.98 Å². The zero-order chi connectivity index (χ0) is 13.8. The zero-order valence-electron chi connectivity index (χ0n) is 11.6. The molecule has 2 aromatic rings. The molecule has 0 aliphatic heterocycles. The summed E-state index contributed by atoms with van der Waals surface area (Å²) in [7, 11) is 0. The molecular weight excluding hydrogens is 236 g/mol. The maximum atomic E-state index is 5.97. The van der Waals surface area contributed by atoms with Crippen molar-refractivity contribution in [1.82, 2.24) is 4.98 Å². The highest BCUT2D eigenvalue weighted by molar-refractivity contribution is 5.40. The normalized spacial score (nSPS) is 12.5. The molecule has 3 heteroatoms. The van der Waals surface area contributed by atoms with Crippen molar-refractivity contribution in [2.24, 2.45) is 5.73 Å². The summed E-state index contributed by atoms with van der Waals surface area (Å²) >= 11 is 0. The summed E-state index contributed by atoms with van der Waals surface area (Å²) in [4.78, 5) is 4.29. The fraction of sp³-hybridized carbons (Fsp3) is 0.312. The highest BCUT2D eigenvalue weighted by Crippen LogP contribution is 2.32. The van der Waals surface area contributed by atoms with Crippen LogP contribution in [0.3, 0.4) is 0 Å². The standard InChI is InChI=1S/C16H20N2O/c1-11(2)13-7-4-5-9-15(13)19-16-14(12(3)17)8-6-10-18-16/h4-12H,17H2,1-3H3. The van der Waals surface area contributed by atoms with Crippen LogP contribution in [-0.4, -0.2) is 4.98 Å². The maximum absolute atomic E-state index is 5.97. The second-order valence-corrected chi connectivity index (χ2v) is 4.98. The monoisotopic (exact) mass is 256 g/mol. The van der Waals surface area contributed by atoms with Crippen LogP contribution >= 0.6 is 0 Å². The molecule has 1 aromatic carbocycles. The van der Waals surface area contributed by atoms with Crippen molar-refractivity contribution in [2.75, 3.05) is 0 Å². The number of pyridine rings is 1. The molecule has 1 atom stereocenters. The van der Waals surface area contributed by atoms with Gasteiger partial charge in [0, 0.05) is 17.8 Å². The predicted molar refractivity (Wildman–Crippen MR) is 77.4 cm³/mol. The minimum absolute atomic E-state index is 0.102. The zero-order valence-corrected chi connectivity index (χ0v) is 11.6. The average molecular weight is 256 g/mol. The van der Waals surface area contributed by atoms with Crippen LogP contribution in [0, 0.1) is 0 Å². The van der Waals surface area contributed by atoms with E-state index in [1.165, 1.54) is 5.56 Å². The van der Waals surface area contributed by atoms with Gasteiger partial charge in [0.2, 0.25) is 5.88 Å². The number of nitrogens with zero attached hydrogens (tertiary/aromatic N) is 1. The summed E-state index contributed by atoms with van der Waals surface area (Å²) in [5.74, 6) is 1.84. The summed E-state index contributed by atoms with van der Waals surface area (Å²) in [6.45, 7) is 6.22. The van der Waals surface area contributed by atoms with Crippen LogP contribution in [-0.2, 0) is 0 Å². The number of hydrogen-bond donors (Lipinski definition) is 1. The van der Waals surface area contributed by atoms with Gasteiger partial charge in [-0.1, -0.05) is 38.1 Å². The minimum atomic E-state index is -0.102.